The van der Waals surface area contributed by atoms with E-state index in [0.717, 1.165) is 6.42 Å². The van der Waals surface area contributed by atoms with Crippen LogP contribution in [0.15, 0.2) is 18.2 Å². The number of amides is 2. The Labute approximate surface area is 141 Å². The minimum absolute atomic E-state index is 0.0706. The molecule has 0 saturated carbocycles. The molecule has 1 N–H and O–H groups in total. The Hall–Kier alpha value is -2.06. The van der Waals surface area contributed by atoms with Gasteiger partial charge in [0.15, 0.2) is 0 Å². The summed E-state index contributed by atoms with van der Waals surface area (Å²) in [6.45, 7) is 3.24. The van der Waals surface area contributed by atoms with Crippen LogP contribution in [0.1, 0.15) is 38.2 Å². The molecule has 0 spiro atoms. The Morgan fingerprint density at radius 3 is 2.70 bits per heavy atom. The van der Waals surface area contributed by atoms with Crippen molar-refractivity contribution in [1.82, 2.24) is 4.90 Å². The van der Waals surface area contributed by atoms with Gasteiger partial charge in [-0.15, -0.1) is 0 Å². The number of piperidine rings is 1. The summed E-state index contributed by atoms with van der Waals surface area (Å²) in [5, 5.41) is 12.2. The van der Waals surface area contributed by atoms with Crippen LogP contribution < -0.4 is 5.32 Å². The number of nitrogens with one attached hydrogen (secondary N) is 1. The van der Waals surface area contributed by atoms with Crippen LogP contribution in [0.4, 0.5) is 5.69 Å². The van der Waals surface area contributed by atoms with E-state index >= 15 is 0 Å². The highest BCUT2D eigenvalue weighted by molar-refractivity contribution is 6.31. The summed E-state index contributed by atoms with van der Waals surface area (Å²) >= 11 is 5.88. The highest BCUT2D eigenvalue weighted by atomic mass is 35.5. The molecule has 2 amide bonds. The first-order chi connectivity index (χ1) is 11.0. The zero-order valence-electron chi connectivity index (χ0n) is 13.1. The third kappa shape index (κ3) is 4.46. The van der Waals surface area contributed by atoms with Crippen molar-refractivity contribution < 1.29 is 9.59 Å². The van der Waals surface area contributed by atoms with Crippen molar-refractivity contribution in [2.24, 2.45) is 5.92 Å². The first-order valence-corrected chi connectivity index (χ1v) is 8.21. The van der Waals surface area contributed by atoms with Crippen LogP contribution in [0, 0.1) is 17.2 Å². The number of anilines is 1. The van der Waals surface area contributed by atoms with Crippen LogP contribution >= 0.6 is 11.6 Å². The van der Waals surface area contributed by atoms with Crippen LogP contribution in [0.2, 0.25) is 5.02 Å². The lowest BCUT2D eigenvalue weighted by Crippen LogP contribution is -2.41. The van der Waals surface area contributed by atoms with Gasteiger partial charge in [0.2, 0.25) is 11.8 Å². The Balaban J connectivity index is 1.91. The molecule has 122 valence electrons. The van der Waals surface area contributed by atoms with Gasteiger partial charge in [0.1, 0.15) is 6.07 Å². The average molecular weight is 334 g/mol. The molecular weight excluding hydrogens is 314 g/mol. The van der Waals surface area contributed by atoms with Gasteiger partial charge in [-0.3, -0.25) is 9.59 Å². The maximum Gasteiger partial charge on any atom is 0.227 e. The normalized spacial score (nSPS) is 15.1. The van der Waals surface area contributed by atoms with Gasteiger partial charge in [0, 0.05) is 31.1 Å². The number of nitrogens with zero attached hydrogens (tertiary/aromatic N) is 2. The zero-order chi connectivity index (χ0) is 16.8. The van der Waals surface area contributed by atoms with Crippen LogP contribution in [0.25, 0.3) is 0 Å². The number of carbonyl (C=O) groups excluding carboxylic acids is 2. The predicted molar refractivity (Wildman–Crippen MR) is 89.0 cm³/mol. The minimum atomic E-state index is -0.109. The van der Waals surface area contributed by atoms with Gasteiger partial charge >= 0.3 is 0 Å². The number of carbonyl (C=O) groups is 2. The van der Waals surface area contributed by atoms with Crippen LogP contribution in [-0.2, 0) is 9.59 Å². The number of benzene rings is 1. The molecule has 5 nitrogen and oxygen atoms in total. The molecule has 0 aromatic heterocycles. The lowest BCUT2D eigenvalue weighted by molar-refractivity contribution is -0.134. The monoisotopic (exact) mass is 333 g/mol. The van der Waals surface area contributed by atoms with Gasteiger partial charge in [-0.2, -0.15) is 5.26 Å². The molecule has 0 unspecified atom stereocenters. The van der Waals surface area contributed by atoms with Crippen LogP contribution in [-0.4, -0.2) is 29.8 Å². The third-order valence-corrected chi connectivity index (χ3v) is 4.37. The quantitative estimate of drug-likeness (QED) is 0.919. The number of halogens is 1. The first-order valence-electron chi connectivity index (χ1n) is 7.83. The number of rotatable bonds is 4. The molecule has 1 aromatic rings. The fraction of sp³-hybridized carbons (Fsp3) is 0.471. The van der Waals surface area contributed by atoms with Gasteiger partial charge in [-0.05, 0) is 37.5 Å². The van der Waals surface area contributed by atoms with Gasteiger partial charge < -0.3 is 10.2 Å². The van der Waals surface area contributed by atoms with Crippen molar-refractivity contribution in [3.63, 3.8) is 0 Å². The average Bonchev–Trinajstić information content (AvgIpc) is 2.57. The Morgan fingerprint density at radius 1 is 1.39 bits per heavy atom. The van der Waals surface area contributed by atoms with E-state index in [1.165, 1.54) is 0 Å². The zero-order valence-corrected chi connectivity index (χ0v) is 13.9. The molecule has 0 atom stereocenters. The summed E-state index contributed by atoms with van der Waals surface area (Å²) in [5.74, 6) is -0.0107. The first kappa shape index (κ1) is 17.3. The topological polar surface area (TPSA) is 73.2 Å². The van der Waals surface area contributed by atoms with Crippen molar-refractivity contribution in [2.75, 3.05) is 18.4 Å². The van der Waals surface area contributed by atoms with E-state index in [9.17, 15) is 9.59 Å². The fourth-order valence-corrected chi connectivity index (χ4v) is 2.86. The van der Waals surface area contributed by atoms with Crippen LogP contribution in [0.3, 0.4) is 0 Å². The molecule has 0 radical (unpaired) electrons. The van der Waals surface area contributed by atoms with Crippen molar-refractivity contribution in [1.29, 1.82) is 5.26 Å². The summed E-state index contributed by atoms with van der Waals surface area (Å²) < 4.78 is 0. The smallest absolute Gasteiger partial charge is 0.227 e. The Morgan fingerprint density at radius 2 is 2.09 bits per heavy atom. The molecule has 1 aliphatic heterocycles. The molecule has 1 heterocycles. The molecule has 2 rings (SSSR count). The highest BCUT2D eigenvalue weighted by Gasteiger charge is 2.27. The highest BCUT2D eigenvalue weighted by Crippen LogP contribution is 2.23. The van der Waals surface area contributed by atoms with Gasteiger partial charge in [0.05, 0.1) is 10.6 Å². The lowest BCUT2D eigenvalue weighted by atomic mass is 9.95. The molecular formula is C17H20ClN3O2. The maximum absolute atomic E-state index is 12.3. The third-order valence-electron chi connectivity index (χ3n) is 4.04. The molecule has 1 saturated heterocycles. The Kier molecular flexibility index (Phi) is 6.00. The van der Waals surface area contributed by atoms with Gasteiger partial charge in [-0.25, -0.2) is 0 Å². The van der Waals surface area contributed by atoms with Crippen molar-refractivity contribution in [3.05, 3.63) is 28.8 Å². The number of likely N-dealkylation sites (tertiary alicyclic amines) is 1. The summed E-state index contributed by atoms with van der Waals surface area (Å²) in [7, 11) is 0. The molecule has 6 heteroatoms. The molecule has 1 aliphatic rings. The van der Waals surface area contributed by atoms with E-state index in [4.69, 9.17) is 16.9 Å². The minimum Gasteiger partial charge on any atom is -0.343 e. The summed E-state index contributed by atoms with van der Waals surface area (Å²) in [6.07, 6.45) is 2.75. The second-order valence-corrected chi connectivity index (χ2v) is 6.11. The van der Waals surface area contributed by atoms with E-state index in [1.54, 1.807) is 18.2 Å². The van der Waals surface area contributed by atoms with E-state index < -0.39 is 0 Å². The van der Waals surface area contributed by atoms with Crippen molar-refractivity contribution >= 4 is 29.1 Å². The van der Waals surface area contributed by atoms with Gasteiger partial charge in [0.25, 0.3) is 0 Å². The number of hydrogen-bond donors (Lipinski definition) is 1. The number of nitriles is 1. The molecule has 0 bridgehead atoms. The lowest BCUT2D eigenvalue weighted by Gasteiger charge is -2.31. The SMILES string of the molecule is CCCC(=O)N1CCC(C(=O)Nc2ccc(Cl)c(C#N)c2)CC1. The molecule has 1 fully saturated rings. The van der Waals surface area contributed by atoms with E-state index in [0.29, 0.717) is 48.6 Å². The van der Waals surface area contributed by atoms with Crippen LogP contribution in [0.5, 0.6) is 0 Å². The van der Waals surface area contributed by atoms with E-state index in [2.05, 4.69) is 5.32 Å². The summed E-state index contributed by atoms with van der Waals surface area (Å²) in [4.78, 5) is 26.0. The van der Waals surface area contributed by atoms with Crippen molar-refractivity contribution in [2.45, 2.75) is 32.6 Å². The number of hydrogen-bond acceptors (Lipinski definition) is 3. The van der Waals surface area contributed by atoms with E-state index in [1.807, 2.05) is 17.9 Å². The Bertz CT molecular complexity index is 631. The maximum atomic E-state index is 12.3. The summed E-state index contributed by atoms with van der Waals surface area (Å²) in [5.41, 5.74) is 0.907. The molecule has 0 aliphatic carbocycles. The fourth-order valence-electron chi connectivity index (χ4n) is 2.70. The summed E-state index contributed by atoms with van der Waals surface area (Å²) in [6, 6.07) is 6.84. The molecule has 1 aromatic carbocycles. The standard InChI is InChI=1S/C17H20ClN3O2/c1-2-3-16(22)21-8-6-12(7-9-21)17(23)20-14-4-5-15(18)13(10-14)11-19/h4-5,10,12H,2-3,6-9H2,1H3,(H,20,23). The largest absolute Gasteiger partial charge is 0.343 e. The second-order valence-electron chi connectivity index (χ2n) is 5.70. The predicted octanol–water partition coefficient (Wildman–Crippen LogP) is 3.19. The van der Waals surface area contributed by atoms with E-state index in [-0.39, 0.29) is 17.7 Å². The second kappa shape index (κ2) is 7.98. The van der Waals surface area contributed by atoms with Crippen molar-refractivity contribution in [3.8, 4) is 6.07 Å². The van der Waals surface area contributed by atoms with Gasteiger partial charge in [-0.1, -0.05) is 18.5 Å². The molecule has 23 heavy (non-hydrogen) atoms.